The first-order chi connectivity index (χ1) is 7.68. The van der Waals surface area contributed by atoms with E-state index in [-0.39, 0.29) is 0 Å². The summed E-state index contributed by atoms with van der Waals surface area (Å²) in [6.07, 6.45) is 11.0. The maximum atomic E-state index is 6.13. The van der Waals surface area contributed by atoms with Crippen LogP contribution in [0.25, 0.3) is 0 Å². The lowest BCUT2D eigenvalue weighted by Crippen LogP contribution is -2.57. The van der Waals surface area contributed by atoms with Gasteiger partial charge in [0.25, 0.3) is 0 Å². The summed E-state index contributed by atoms with van der Waals surface area (Å²) in [7, 11) is 2.33. The molecule has 2 rings (SSSR count). The van der Waals surface area contributed by atoms with E-state index in [1.165, 1.54) is 51.4 Å². The third kappa shape index (κ3) is 2.28. The number of hydrogen-bond acceptors (Lipinski definition) is 2. The maximum Gasteiger partial charge on any atom is 0.0334 e. The van der Waals surface area contributed by atoms with Crippen molar-refractivity contribution in [3.63, 3.8) is 0 Å². The molecule has 0 heterocycles. The SMILES string of the molecule is CC1CCCC(CN)(N(C)C2CCCC2)C1. The Morgan fingerprint density at radius 2 is 1.88 bits per heavy atom. The van der Waals surface area contributed by atoms with Crippen LogP contribution in [0.1, 0.15) is 58.3 Å². The van der Waals surface area contributed by atoms with Crippen LogP contribution in [0.2, 0.25) is 0 Å². The molecule has 2 aliphatic carbocycles. The molecule has 94 valence electrons. The number of likely N-dealkylation sites (N-methyl/N-ethyl adjacent to an activating group) is 1. The standard InChI is InChI=1S/C14H28N2/c1-12-6-5-9-14(10-12,11-15)16(2)13-7-3-4-8-13/h12-13H,3-11,15H2,1-2H3. The summed E-state index contributed by atoms with van der Waals surface area (Å²) in [6.45, 7) is 3.25. The van der Waals surface area contributed by atoms with E-state index in [2.05, 4.69) is 18.9 Å². The van der Waals surface area contributed by atoms with Crippen LogP contribution in [0.4, 0.5) is 0 Å². The van der Waals surface area contributed by atoms with Gasteiger partial charge in [0.2, 0.25) is 0 Å². The van der Waals surface area contributed by atoms with E-state index in [1.54, 1.807) is 0 Å². The second kappa shape index (κ2) is 5.05. The molecule has 0 aromatic rings. The molecule has 2 fully saturated rings. The van der Waals surface area contributed by atoms with Gasteiger partial charge in [0.15, 0.2) is 0 Å². The second-order valence-corrected chi connectivity index (χ2v) is 6.18. The van der Waals surface area contributed by atoms with Gasteiger partial charge in [-0.2, -0.15) is 0 Å². The Kier molecular flexibility index (Phi) is 3.91. The number of nitrogens with two attached hydrogens (primary N) is 1. The van der Waals surface area contributed by atoms with Crippen molar-refractivity contribution < 1.29 is 0 Å². The van der Waals surface area contributed by atoms with Crippen molar-refractivity contribution in [3.05, 3.63) is 0 Å². The Morgan fingerprint density at radius 1 is 1.19 bits per heavy atom. The number of nitrogens with zero attached hydrogens (tertiary/aromatic N) is 1. The van der Waals surface area contributed by atoms with Crippen LogP contribution >= 0.6 is 0 Å². The lowest BCUT2D eigenvalue weighted by atomic mass is 9.75. The molecule has 2 nitrogen and oxygen atoms in total. The first kappa shape index (κ1) is 12.4. The van der Waals surface area contributed by atoms with Gasteiger partial charge in [-0.05, 0) is 38.6 Å². The minimum Gasteiger partial charge on any atom is -0.329 e. The van der Waals surface area contributed by atoms with E-state index < -0.39 is 0 Å². The molecule has 2 aliphatic rings. The van der Waals surface area contributed by atoms with Crippen molar-refractivity contribution in [1.82, 2.24) is 4.90 Å². The lowest BCUT2D eigenvalue weighted by molar-refractivity contribution is 0.0289. The molecular formula is C14H28N2. The fourth-order valence-corrected chi connectivity index (χ4v) is 3.96. The molecule has 0 aromatic carbocycles. The molecule has 0 bridgehead atoms. The second-order valence-electron chi connectivity index (χ2n) is 6.18. The highest BCUT2D eigenvalue weighted by Gasteiger charge is 2.40. The Hall–Kier alpha value is -0.0800. The summed E-state index contributed by atoms with van der Waals surface area (Å²) in [4.78, 5) is 2.66. The minimum atomic E-state index is 0.326. The highest BCUT2D eigenvalue weighted by molar-refractivity contribution is 4.97. The third-order valence-electron chi connectivity index (χ3n) is 5.07. The monoisotopic (exact) mass is 224 g/mol. The van der Waals surface area contributed by atoms with Gasteiger partial charge in [-0.15, -0.1) is 0 Å². The molecular weight excluding hydrogens is 196 g/mol. The van der Waals surface area contributed by atoms with E-state index in [4.69, 9.17) is 5.73 Å². The van der Waals surface area contributed by atoms with Gasteiger partial charge in [-0.1, -0.05) is 32.6 Å². The number of rotatable bonds is 3. The Morgan fingerprint density at radius 3 is 2.44 bits per heavy atom. The van der Waals surface area contributed by atoms with Gasteiger partial charge in [0.1, 0.15) is 0 Å². The van der Waals surface area contributed by atoms with Crippen LogP contribution in [0.5, 0.6) is 0 Å². The third-order valence-corrected chi connectivity index (χ3v) is 5.07. The van der Waals surface area contributed by atoms with E-state index in [9.17, 15) is 0 Å². The summed E-state index contributed by atoms with van der Waals surface area (Å²) < 4.78 is 0. The van der Waals surface area contributed by atoms with E-state index in [1.807, 2.05) is 0 Å². The van der Waals surface area contributed by atoms with Crippen LogP contribution in [0, 0.1) is 5.92 Å². The van der Waals surface area contributed by atoms with Crippen LogP contribution in [-0.2, 0) is 0 Å². The van der Waals surface area contributed by atoms with Crippen molar-refractivity contribution in [2.75, 3.05) is 13.6 Å². The summed E-state index contributed by atoms with van der Waals surface area (Å²) in [5.74, 6) is 0.862. The molecule has 2 saturated carbocycles. The molecule has 0 aromatic heterocycles. The average Bonchev–Trinajstić information content (AvgIpc) is 2.81. The van der Waals surface area contributed by atoms with Crippen molar-refractivity contribution in [1.29, 1.82) is 0 Å². The van der Waals surface area contributed by atoms with Gasteiger partial charge >= 0.3 is 0 Å². The number of hydrogen-bond donors (Lipinski definition) is 1. The summed E-state index contributed by atoms with van der Waals surface area (Å²) in [5, 5.41) is 0. The molecule has 0 saturated heterocycles. The molecule has 2 heteroatoms. The molecule has 2 unspecified atom stereocenters. The smallest absolute Gasteiger partial charge is 0.0334 e. The van der Waals surface area contributed by atoms with Crippen LogP contribution in [0.3, 0.4) is 0 Å². The predicted molar refractivity (Wildman–Crippen MR) is 69.4 cm³/mol. The first-order valence-corrected chi connectivity index (χ1v) is 7.11. The van der Waals surface area contributed by atoms with Crippen molar-refractivity contribution in [3.8, 4) is 0 Å². The Labute approximate surface area is 101 Å². The lowest BCUT2D eigenvalue weighted by Gasteiger charge is -2.48. The zero-order valence-corrected chi connectivity index (χ0v) is 11.0. The first-order valence-electron chi connectivity index (χ1n) is 7.11. The highest BCUT2D eigenvalue weighted by Crippen LogP contribution is 2.39. The largest absolute Gasteiger partial charge is 0.329 e. The van der Waals surface area contributed by atoms with Gasteiger partial charge in [0.05, 0.1) is 0 Å². The topological polar surface area (TPSA) is 29.3 Å². The summed E-state index contributed by atoms with van der Waals surface area (Å²) in [6, 6.07) is 0.814. The zero-order valence-electron chi connectivity index (χ0n) is 11.0. The Bertz CT molecular complexity index is 223. The fraction of sp³-hybridized carbons (Fsp3) is 1.00. The molecule has 0 aliphatic heterocycles. The van der Waals surface area contributed by atoms with Gasteiger partial charge in [-0.25, -0.2) is 0 Å². The summed E-state index contributed by atoms with van der Waals surface area (Å²) in [5.41, 5.74) is 6.45. The van der Waals surface area contributed by atoms with Crippen LogP contribution in [0.15, 0.2) is 0 Å². The molecule has 16 heavy (non-hydrogen) atoms. The van der Waals surface area contributed by atoms with E-state index >= 15 is 0 Å². The van der Waals surface area contributed by atoms with Crippen LogP contribution < -0.4 is 5.73 Å². The zero-order chi connectivity index (χ0) is 11.6. The molecule has 0 radical (unpaired) electrons. The van der Waals surface area contributed by atoms with Gasteiger partial charge < -0.3 is 5.73 Å². The quantitative estimate of drug-likeness (QED) is 0.798. The minimum absolute atomic E-state index is 0.326. The van der Waals surface area contributed by atoms with Gasteiger partial charge in [-0.3, -0.25) is 4.90 Å². The fourth-order valence-electron chi connectivity index (χ4n) is 3.96. The molecule has 2 atom stereocenters. The summed E-state index contributed by atoms with van der Waals surface area (Å²) >= 11 is 0. The van der Waals surface area contributed by atoms with Gasteiger partial charge in [0, 0.05) is 18.1 Å². The maximum absolute atomic E-state index is 6.13. The molecule has 0 amide bonds. The Balaban J connectivity index is 2.06. The molecule has 0 spiro atoms. The average molecular weight is 224 g/mol. The van der Waals surface area contributed by atoms with Crippen LogP contribution in [-0.4, -0.2) is 30.1 Å². The van der Waals surface area contributed by atoms with E-state index in [0.29, 0.717) is 5.54 Å². The highest BCUT2D eigenvalue weighted by atomic mass is 15.2. The predicted octanol–water partition coefficient (Wildman–Crippen LogP) is 2.77. The van der Waals surface area contributed by atoms with Crippen molar-refractivity contribution in [2.45, 2.75) is 69.9 Å². The van der Waals surface area contributed by atoms with E-state index in [0.717, 1.165) is 18.5 Å². The van der Waals surface area contributed by atoms with Crippen molar-refractivity contribution >= 4 is 0 Å². The molecule has 2 N–H and O–H groups in total. The normalized spacial score (nSPS) is 37.1. The van der Waals surface area contributed by atoms with Crippen molar-refractivity contribution in [2.24, 2.45) is 11.7 Å².